The first kappa shape index (κ1) is 16.7. The summed E-state index contributed by atoms with van der Waals surface area (Å²) < 4.78 is 0. The third kappa shape index (κ3) is 2.44. The van der Waals surface area contributed by atoms with Gasteiger partial charge in [-0.2, -0.15) is 0 Å². The van der Waals surface area contributed by atoms with Gasteiger partial charge in [0.25, 0.3) is 0 Å². The summed E-state index contributed by atoms with van der Waals surface area (Å²) in [5.41, 5.74) is 8.97. The van der Waals surface area contributed by atoms with Crippen LogP contribution in [0.4, 0.5) is 0 Å². The van der Waals surface area contributed by atoms with Crippen LogP contribution in [0.3, 0.4) is 0 Å². The van der Waals surface area contributed by atoms with Gasteiger partial charge in [0, 0.05) is 16.7 Å². The van der Waals surface area contributed by atoms with Crippen LogP contribution >= 0.6 is 11.8 Å². The third-order valence-corrected chi connectivity index (χ3v) is 6.89. The van der Waals surface area contributed by atoms with E-state index in [0.717, 1.165) is 0 Å². The van der Waals surface area contributed by atoms with Gasteiger partial charge in [-0.3, -0.25) is 0 Å². The molecule has 0 saturated carbocycles. The molecule has 2 aromatic carbocycles. The maximum atomic E-state index is 2.46. The van der Waals surface area contributed by atoms with Crippen LogP contribution in [-0.2, 0) is 0 Å². The lowest BCUT2D eigenvalue weighted by Crippen LogP contribution is -2.29. The van der Waals surface area contributed by atoms with Crippen LogP contribution in [0.15, 0.2) is 58.5 Å². The van der Waals surface area contributed by atoms with E-state index in [9.17, 15) is 0 Å². The second kappa shape index (κ2) is 5.92. The SMILES string of the molecule is CSc1cccc2c1C=C(C)C2C(C)(C)C1C(C)=Cc2ccccc21. The highest BCUT2D eigenvalue weighted by atomic mass is 32.2. The molecule has 0 heterocycles. The minimum atomic E-state index is 0.135. The number of allylic oxidation sites excluding steroid dienone is 2. The van der Waals surface area contributed by atoms with Gasteiger partial charge in [-0.15, -0.1) is 11.8 Å². The number of hydrogen-bond acceptors (Lipinski definition) is 1. The molecular weight excluding hydrogens is 320 g/mol. The van der Waals surface area contributed by atoms with Gasteiger partial charge in [0.05, 0.1) is 0 Å². The summed E-state index contributed by atoms with van der Waals surface area (Å²) >= 11 is 1.85. The van der Waals surface area contributed by atoms with Crippen molar-refractivity contribution in [3.05, 3.63) is 75.9 Å². The van der Waals surface area contributed by atoms with Crippen LogP contribution in [0, 0.1) is 5.41 Å². The van der Waals surface area contributed by atoms with Gasteiger partial charge < -0.3 is 0 Å². The Morgan fingerprint density at radius 2 is 1.44 bits per heavy atom. The standard InChI is InChI=1S/C24H26S/c1-15-13-17-9-6-7-10-18(17)22(15)24(3,4)23-16(2)14-20-19(23)11-8-12-21(20)25-5/h6-14,22-23H,1-5H3. The molecule has 128 valence electrons. The number of hydrogen-bond donors (Lipinski definition) is 0. The Labute approximate surface area is 156 Å². The van der Waals surface area contributed by atoms with Gasteiger partial charge in [0.2, 0.25) is 0 Å². The highest BCUT2D eigenvalue weighted by Gasteiger charge is 2.45. The van der Waals surface area contributed by atoms with E-state index in [1.165, 1.54) is 38.3 Å². The highest BCUT2D eigenvalue weighted by Crippen LogP contribution is 2.58. The molecule has 2 aliphatic carbocycles. The second-order valence-electron chi connectivity index (χ2n) is 8.06. The first-order chi connectivity index (χ1) is 11.9. The fourth-order valence-corrected chi connectivity index (χ4v) is 5.93. The van der Waals surface area contributed by atoms with Crippen LogP contribution in [0.2, 0.25) is 0 Å². The Kier molecular flexibility index (Phi) is 3.96. The molecule has 25 heavy (non-hydrogen) atoms. The van der Waals surface area contributed by atoms with E-state index >= 15 is 0 Å². The summed E-state index contributed by atoms with van der Waals surface area (Å²) in [5.74, 6) is 0.940. The lowest BCUT2D eigenvalue weighted by atomic mass is 9.63. The van der Waals surface area contributed by atoms with Crippen molar-refractivity contribution in [2.75, 3.05) is 6.26 Å². The van der Waals surface area contributed by atoms with Crippen LogP contribution in [0.1, 0.15) is 61.8 Å². The molecule has 2 atom stereocenters. The van der Waals surface area contributed by atoms with Crippen molar-refractivity contribution >= 4 is 23.9 Å². The van der Waals surface area contributed by atoms with Crippen molar-refractivity contribution < 1.29 is 0 Å². The zero-order valence-electron chi connectivity index (χ0n) is 15.8. The molecule has 2 aromatic rings. The second-order valence-corrected chi connectivity index (χ2v) is 8.90. The molecule has 0 aromatic heterocycles. The largest absolute Gasteiger partial charge is 0.129 e. The molecular formula is C24H26S. The zero-order valence-corrected chi connectivity index (χ0v) is 16.6. The van der Waals surface area contributed by atoms with Crippen LogP contribution in [0.5, 0.6) is 0 Å². The normalized spacial score (nSPS) is 21.6. The van der Waals surface area contributed by atoms with Crippen molar-refractivity contribution in [3.63, 3.8) is 0 Å². The van der Waals surface area contributed by atoms with E-state index in [1.807, 2.05) is 11.8 Å². The molecule has 0 saturated heterocycles. The molecule has 0 amide bonds. The quantitative estimate of drug-likeness (QED) is 0.532. The average molecular weight is 347 g/mol. The summed E-state index contributed by atoms with van der Waals surface area (Å²) in [4.78, 5) is 1.40. The molecule has 0 fully saturated rings. The third-order valence-electron chi connectivity index (χ3n) is 6.09. The number of rotatable bonds is 3. The number of fused-ring (bicyclic) bond motifs is 2. The van der Waals surface area contributed by atoms with E-state index in [2.05, 4.69) is 88.6 Å². The molecule has 0 bridgehead atoms. The molecule has 0 aliphatic heterocycles. The summed E-state index contributed by atoms with van der Waals surface area (Å²) in [7, 11) is 0. The monoisotopic (exact) mass is 346 g/mol. The predicted octanol–water partition coefficient (Wildman–Crippen LogP) is 7.14. The fourth-order valence-electron chi connectivity index (χ4n) is 5.32. The summed E-state index contributed by atoms with van der Waals surface area (Å²) in [6, 6.07) is 15.7. The molecule has 2 unspecified atom stereocenters. The zero-order chi connectivity index (χ0) is 17.8. The summed E-state index contributed by atoms with van der Waals surface area (Å²) in [5, 5.41) is 0. The van der Waals surface area contributed by atoms with Crippen LogP contribution in [0.25, 0.3) is 12.2 Å². The number of benzene rings is 2. The maximum absolute atomic E-state index is 2.46. The first-order valence-electron chi connectivity index (χ1n) is 9.07. The van der Waals surface area contributed by atoms with Gasteiger partial charge in [0.15, 0.2) is 0 Å². The van der Waals surface area contributed by atoms with E-state index in [1.54, 1.807) is 0 Å². The Morgan fingerprint density at radius 1 is 0.800 bits per heavy atom. The maximum Gasteiger partial charge on any atom is 0.0145 e. The van der Waals surface area contributed by atoms with Crippen LogP contribution < -0.4 is 0 Å². The lowest BCUT2D eigenvalue weighted by molar-refractivity contribution is 0.275. The minimum absolute atomic E-state index is 0.135. The van der Waals surface area contributed by atoms with Crippen molar-refractivity contribution in [1.82, 2.24) is 0 Å². The van der Waals surface area contributed by atoms with E-state index in [-0.39, 0.29) is 5.41 Å². The van der Waals surface area contributed by atoms with Gasteiger partial charge >= 0.3 is 0 Å². The Morgan fingerprint density at radius 3 is 2.20 bits per heavy atom. The van der Waals surface area contributed by atoms with Crippen molar-refractivity contribution in [2.45, 2.75) is 44.4 Å². The highest BCUT2D eigenvalue weighted by molar-refractivity contribution is 7.98. The van der Waals surface area contributed by atoms with Gasteiger partial charge in [0.1, 0.15) is 0 Å². The first-order valence-corrected chi connectivity index (χ1v) is 10.3. The Hall–Kier alpha value is -1.73. The topological polar surface area (TPSA) is 0 Å². The van der Waals surface area contributed by atoms with E-state index < -0.39 is 0 Å². The summed E-state index contributed by atoms with van der Waals surface area (Å²) in [6.45, 7) is 9.54. The fraction of sp³-hybridized carbons (Fsp3) is 0.333. The average Bonchev–Trinajstić information content (AvgIpc) is 3.10. The van der Waals surface area contributed by atoms with Crippen molar-refractivity contribution in [2.24, 2.45) is 5.41 Å². The van der Waals surface area contributed by atoms with Gasteiger partial charge in [-0.1, -0.05) is 73.5 Å². The Balaban J connectivity index is 1.84. The molecule has 0 N–H and O–H groups in total. The van der Waals surface area contributed by atoms with E-state index in [4.69, 9.17) is 0 Å². The molecule has 0 radical (unpaired) electrons. The summed E-state index contributed by atoms with van der Waals surface area (Å²) in [6.07, 6.45) is 6.99. The molecule has 4 rings (SSSR count). The number of thioether (sulfide) groups is 1. The molecule has 2 aliphatic rings. The minimum Gasteiger partial charge on any atom is -0.129 e. The van der Waals surface area contributed by atoms with Crippen molar-refractivity contribution in [3.8, 4) is 0 Å². The van der Waals surface area contributed by atoms with Crippen LogP contribution in [-0.4, -0.2) is 6.26 Å². The van der Waals surface area contributed by atoms with Gasteiger partial charge in [-0.05, 0) is 53.8 Å². The smallest absolute Gasteiger partial charge is 0.0145 e. The van der Waals surface area contributed by atoms with Gasteiger partial charge in [-0.25, -0.2) is 0 Å². The lowest BCUT2D eigenvalue weighted by Gasteiger charge is -2.41. The molecule has 0 nitrogen and oxygen atoms in total. The molecule has 1 heteroatoms. The van der Waals surface area contributed by atoms with Crippen molar-refractivity contribution in [1.29, 1.82) is 0 Å². The predicted molar refractivity (Wildman–Crippen MR) is 111 cm³/mol. The van der Waals surface area contributed by atoms with E-state index in [0.29, 0.717) is 11.8 Å². The Bertz CT molecular complexity index is 898. The molecule has 0 spiro atoms.